The molecule has 8 nitrogen and oxygen atoms in total. The van der Waals surface area contributed by atoms with Crippen LogP contribution in [-0.2, 0) is 25.1 Å². The Hall–Kier alpha value is -3.44. The Morgan fingerprint density at radius 3 is 2.24 bits per heavy atom. The fourth-order valence-electron chi connectivity index (χ4n) is 3.75. The average Bonchev–Trinajstić information content (AvgIpc) is 2.89. The molecule has 1 saturated heterocycles. The van der Waals surface area contributed by atoms with Gasteiger partial charge in [0.05, 0.1) is 30.9 Å². The van der Waals surface area contributed by atoms with Gasteiger partial charge in [-0.2, -0.15) is 13.2 Å². The first-order valence-electron chi connectivity index (χ1n) is 12.3. The zero-order valence-corrected chi connectivity index (χ0v) is 21.0. The lowest BCUT2D eigenvalue weighted by Crippen LogP contribution is -2.27. The third kappa shape index (κ3) is 8.03. The molecule has 0 aromatic heterocycles. The molecule has 0 spiro atoms. The van der Waals surface area contributed by atoms with Crippen LogP contribution < -0.4 is 4.74 Å². The van der Waals surface area contributed by atoms with Crippen LogP contribution >= 0.6 is 0 Å². The lowest BCUT2D eigenvalue weighted by Gasteiger charge is -2.29. The number of alkyl halides is 3. The van der Waals surface area contributed by atoms with Gasteiger partial charge in [-0.3, -0.25) is 0 Å². The highest BCUT2D eigenvalue weighted by Gasteiger charge is 2.33. The number of ether oxygens (including phenoxy) is 5. The molecule has 206 valence electrons. The first kappa shape index (κ1) is 29.1. The molecule has 0 N–H and O–H groups in total. The molecule has 11 heteroatoms. The largest absolute Gasteiger partial charge is 0.516 e. The van der Waals surface area contributed by atoms with E-state index in [-0.39, 0.29) is 12.2 Å². The van der Waals surface area contributed by atoms with Crippen LogP contribution in [0.5, 0.6) is 5.75 Å². The number of hydrogen-bond donors (Lipinski definition) is 0. The maximum absolute atomic E-state index is 13.2. The maximum Gasteiger partial charge on any atom is 0.516 e. The van der Waals surface area contributed by atoms with E-state index in [1.165, 1.54) is 19.1 Å². The molecule has 2 aromatic rings. The lowest BCUT2D eigenvalue weighted by atomic mass is 10.0. The summed E-state index contributed by atoms with van der Waals surface area (Å²) >= 11 is 0. The summed E-state index contributed by atoms with van der Waals surface area (Å²) in [5, 5.41) is 0. The molecule has 0 aliphatic carbocycles. The molecule has 0 bridgehead atoms. The molecular formula is C27H29F3O8. The Bertz CT molecular complexity index is 1110. The number of benzene rings is 2. The molecule has 0 unspecified atom stereocenters. The molecular weight excluding hydrogens is 509 g/mol. The van der Waals surface area contributed by atoms with Gasteiger partial charge in [-0.25, -0.2) is 14.4 Å². The number of rotatable bonds is 9. The van der Waals surface area contributed by atoms with Gasteiger partial charge in [-0.05, 0) is 43.7 Å². The van der Waals surface area contributed by atoms with Gasteiger partial charge in [0.25, 0.3) is 0 Å². The van der Waals surface area contributed by atoms with E-state index >= 15 is 0 Å². The monoisotopic (exact) mass is 538 g/mol. The van der Waals surface area contributed by atoms with Gasteiger partial charge in [0.15, 0.2) is 6.29 Å². The standard InChI is InChI=1S/C27H29F3O8/c1-3-5-6-7-17-15-35-25(36-16-17)19-10-8-18(9-11-19)23(31)37-22-13-12-20(27(28,29)30)14-21(22)24(32)38-26(33)34-4-2/h8-14,17,25H,3-7,15-16H2,1-2H3/t17-,25-. The minimum Gasteiger partial charge on any atom is -0.434 e. The zero-order chi connectivity index (χ0) is 27.7. The number of unbranched alkanes of at least 4 members (excludes halogenated alkanes) is 2. The summed E-state index contributed by atoms with van der Waals surface area (Å²) in [6.07, 6.45) is -2.32. The van der Waals surface area contributed by atoms with Gasteiger partial charge in [0.2, 0.25) is 0 Å². The van der Waals surface area contributed by atoms with Crippen LogP contribution in [0.1, 0.15) is 77.7 Å². The Labute approximate surface area is 218 Å². The van der Waals surface area contributed by atoms with E-state index in [4.69, 9.17) is 14.2 Å². The van der Waals surface area contributed by atoms with Gasteiger partial charge in [-0.15, -0.1) is 0 Å². The summed E-state index contributed by atoms with van der Waals surface area (Å²) in [7, 11) is 0. The second kappa shape index (κ2) is 13.4. The molecule has 0 atom stereocenters. The second-order valence-corrected chi connectivity index (χ2v) is 8.65. The van der Waals surface area contributed by atoms with Crippen LogP contribution in [0.25, 0.3) is 0 Å². The molecule has 1 aliphatic heterocycles. The predicted molar refractivity (Wildman–Crippen MR) is 128 cm³/mol. The van der Waals surface area contributed by atoms with E-state index in [9.17, 15) is 27.6 Å². The second-order valence-electron chi connectivity index (χ2n) is 8.65. The smallest absolute Gasteiger partial charge is 0.434 e. The number of esters is 2. The zero-order valence-electron chi connectivity index (χ0n) is 21.0. The first-order chi connectivity index (χ1) is 18.1. The van der Waals surface area contributed by atoms with Crippen LogP contribution in [0.4, 0.5) is 18.0 Å². The van der Waals surface area contributed by atoms with Gasteiger partial charge >= 0.3 is 24.3 Å². The summed E-state index contributed by atoms with van der Waals surface area (Å²) in [6, 6.07) is 7.98. The quantitative estimate of drug-likeness (QED) is 0.155. The highest BCUT2D eigenvalue weighted by atomic mass is 19.4. The first-order valence-corrected chi connectivity index (χ1v) is 12.3. The Kier molecular flexibility index (Phi) is 10.3. The van der Waals surface area contributed by atoms with Crippen molar-refractivity contribution < 1.29 is 51.2 Å². The number of carbonyl (C=O) groups is 3. The number of halogens is 3. The number of carbonyl (C=O) groups excluding carboxylic acids is 3. The topological polar surface area (TPSA) is 97.4 Å². The third-order valence-electron chi connectivity index (χ3n) is 5.77. The fraction of sp³-hybridized carbons (Fsp3) is 0.444. The van der Waals surface area contributed by atoms with Crippen LogP contribution in [-0.4, -0.2) is 37.9 Å². The van der Waals surface area contributed by atoms with Crippen molar-refractivity contribution in [3.8, 4) is 5.75 Å². The van der Waals surface area contributed by atoms with Crippen molar-refractivity contribution in [2.75, 3.05) is 19.8 Å². The van der Waals surface area contributed by atoms with Crippen molar-refractivity contribution in [1.29, 1.82) is 0 Å². The van der Waals surface area contributed by atoms with Gasteiger partial charge < -0.3 is 23.7 Å². The fourth-order valence-corrected chi connectivity index (χ4v) is 3.75. The Balaban J connectivity index is 1.69. The van der Waals surface area contributed by atoms with Crippen molar-refractivity contribution in [3.63, 3.8) is 0 Å². The van der Waals surface area contributed by atoms with Crippen molar-refractivity contribution in [1.82, 2.24) is 0 Å². The van der Waals surface area contributed by atoms with Gasteiger partial charge in [-0.1, -0.05) is 38.3 Å². The summed E-state index contributed by atoms with van der Waals surface area (Å²) in [4.78, 5) is 36.5. The maximum atomic E-state index is 13.2. The normalized spacial score (nSPS) is 17.5. The highest BCUT2D eigenvalue weighted by Crippen LogP contribution is 2.33. The van der Waals surface area contributed by atoms with Crippen LogP contribution in [0.3, 0.4) is 0 Å². The molecule has 1 aliphatic rings. The summed E-state index contributed by atoms with van der Waals surface area (Å²) in [6.45, 7) is 4.61. The van der Waals surface area contributed by atoms with Crippen molar-refractivity contribution in [3.05, 3.63) is 64.7 Å². The van der Waals surface area contributed by atoms with Gasteiger partial charge in [0.1, 0.15) is 11.3 Å². The van der Waals surface area contributed by atoms with Crippen LogP contribution in [0.2, 0.25) is 0 Å². The lowest BCUT2D eigenvalue weighted by molar-refractivity contribution is -0.206. The van der Waals surface area contributed by atoms with Crippen LogP contribution in [0.15, 0.2) is 42.5 Å². The molecule has 1 fully saturated rings. The predicted octanol–water partition coefficient (Wildman–Crippen LogP) is 6.48. The SMILES string of the molecule is CCCCC[C@H]1CO[C@H](c2ccc(C(=O)Oc3ccc(C(F)(F)F)cc3C(=O)OC(=O)OCC)cc2)OC1. The summed E-state index contributed by atoms with van der Waals surface area (Å²) in [5.41, 5.74) is -1.22. The van der Waals surface area contributed by atoms with E-state index in [1.54, 1.807) is 12.1 Å². The van der Waals surface area contributed by atoms with E-state index in [0.29, 0.717) is 36.8 Å². The molecule has 1 heterocycles. The minimum atomic E-state index is -4.80. The highest BCUT2D eigenvalue weighted by molar-refractivity contribution is 5.99. The van der Waals surface area contributed by atoms with E-state index in [0.717, 1.165) is 31.7 Å². The molecule has 0 amide bonds. The molecule has 3 rings (SSSR count). The van der Waals surface area contributed by atoms with Crippen LogP contribution in [0, 0.1) is 5.92 Å². The Morgan fingerprint density at radius 2 is 1.63 bits per heavy atom. The van der Waals surface area contributed by atoms with E-state index in [1.807, 2.05) is 0 Å². The van der Waals surface area contributed by atoms with Crippen molar-refractivity contribution in [2.45, 2.75) is 52.0 Å². The van der Waals surface area contributed by atoms with Gasteiger partial charge in [0, 0.05) is 11.5 Å². The molecule has 2 aromatic carbocycles. The summed E-state index contributed by atoms with van der Waals surface area (Å²) in [5.74, 6) is -2.59. The molecule has 38 heavy (non-hydrogen) atoms. The summed E-state index contributed by atoms with van der Waals surface area (Å²) < 4.78 is 65.2. The van der Waals surface area contributed by atoms with E-state index < -0.39 is 47.4 Å². The Morgan fingerprint density at radius 1 is 0.947 bits per heavy atom. The third-order valence-corrected chi connectivity index (χ3v) is 5.77. The van der Waals surface area contributed by atoms with E-state index in [2.05, 4.69) is 16.4 Å². The molecule has 0 radical (unpaired) electrons. The minimum absolute atomic E-state index is 0.0617. The van der Waals surface area contributed by atoms with Crippen molar-refractivity contribution in [2.24, 2.45) is 5.92 Å². The average molecular weight is 539 g/mol. The number of hydrogen-bond acceptors (Lipinski definition) is 8. The van der Waals surface area contributed by atoms with Crippen molar-refractivity contribution >= 4 is 18.1 Å². The molecule has 0 saturated carbocycles.